The molecular weight excluding hydrogens is 224 g/mol. The molecule has 0 amide bonds. The fourth-order valence-electron chi connectivity index (χ4n) is 2.08. The summed E-state index contributed by atoms with van der Waals surface area (Å²) in [6.45, 7) is 2.13. The highest BCUT2D eigenvalue weighted by Gasteiger charge is 2.07. The summed E-state index contributed by atoms with van der Waals surface area (Å²) in [7, 11) is 0. The molecule has 90 valence electrons. The number of benzene rings is 1. The minimum absolute atomic E-state index is 0.707. The summed E-state index contributed by atoms with van der Waals surface area (Å²) in [6.07, 6.45) is 5.97. The number of anilines is 1. The van der Waals surface area contributed by atoms with Crippen molar-refractivity contribution in [1.82, 2.24) is 10.2 Å². The van der Waals surface area contributed by atoms with Crippen molar-refractivity contribution in [2.24, 2.45) is 5.10 Å². The molecule has 1 aliphatic rings. The Morgan fingerprint density at radius 3 is 2.94 bits per heavy atom. The Labute approximate surface area is 105 Å². The molecule has 0 saturated carbocycles. The van der Waals surface area contributed by atoms with Crippen molar-refractivity contribution in [3.05, 3.63) is 42.1 Å². The molecule has 0 aliphatic heterocycles. The van der Waals surface area contributed by atoms with E-state index in [0.717, 1.165) is 29.3 Å². The summed E-state index contributed by atoms with van der Waals surface area (Å²) in [5, 5.41) is 14.6. The first-order chi connectivity index (χ1) is 8.83. The predicted molar refractivity (Wildman–Crippen MR) is 73.6 cm³/mol. The van der Waals surface area contributed by atoms with Gasteiger partial charge in [0, 0.05) is 10.8 Å². The number of nitrogens with zero attached hydrogens (tertiary/aromatic N) is 3. The third-order valence-electron chi connectivity index (χ3n) is 3.06. The Balaban J connectivity index is 1.91. The zero-order valence-corrected chi connectivity index (χ0v) is 10.2. The second-order valence-electron chi connectivity index (χ2n) is 4.49. The number of fused-ring (bicyclic) bond motifs is 1. The Kier molecular flexibility index (Phi) is 2.76. The molecule has 0 fully saturated rings. The molecule has 0 unspecified atom stereocenters. The van der Waals surface area contributed by atoms with E-state index in [0.29, 0.717) is 5.82 Å². The van der Waals surface area contributed by atoms with Crippen molar-refractivity contribution >= 4 is 22.3 Å². The molecule has 1 aromatic carbocycles. The molecule has 0 spiro atoms. The zero-order chi connectivity index (χ0) is 12.4. The molecule has 3 rings (SSSR count). The van der Waals surface area contributed by atoms with Crippen LogP contribution in [0.5, 0.6) is 0 Å². The van der Waals surface area contributed by atoms with E-state index in [1.807, 2.05) is 24.3 Å². The van der Waals surface area contributed by atoms with E-state index in [-0.39, 0.29) is 0 Å². The first-order valence-corrected chi connectivity index (χ1v) is 6.03. The Morgan fingerprint density at radius 2 is 2.11 bits per heavy atom. The van der Waals surface area contributed by atoms with Gasteiger partial charge < -0.3 is 0 Å². The molecule has 0 radical (unpaired) electrons. The van der Waals surface area contributed by atoms with Gasteiger partial charge in [0.2, 0.25) is 0 Å². The molecule has 4 heteroatoms. The van der Waals surface area contributed by atoms with Crippen molar-refractivity contribution in [2.45, 2.75) is 19.8 Å². The number of aromatic nitrogens is 2. The van der Waals surface area contributed by atoms with Gasteiger partial charge in [0.05, 0.1) is 11.9 Å². The second kappa shape index (κ2) is 4.56. The summed E-state index contributed by atoms with van der Waals surface area (Å²) >= 11 is 0. The standard InChI is InChI=1S/C14H14N4/c1-10-6-7-12(8-10)16-18-14-13-5-3-2-4-11(13)9-15-17-14/h2-5,8-9H,6-7H2,1H3,(H,17,18)/b16-12+. The first-order valence-electron chi connectivity index (χ1n) is 6.03. The van der Waals surface area contributed by atoms with Crippen LogP contribution in [0.3, 0.4) is 0 Å². The fourth-order valence-corrected chi connectivity index (χ4v) is 2.08. The quantitative estimate of drug-likeness (QED) is 0.818. The summed E-state index contributed by atoms with van der Waals surface area (Å²) in [6, 6.07) is 8.01. The highest BCUT2D eigenvalue weighted by molar-refractivity contribution is 5.99. The van der Waals surface area contributed by atoms with Crippen LogP contribution in [-0.4, -0.2) is 15.9 Å². The lowest BCUT2D eigenvalue weighted by molar-refractivity contribution is 1.03. The maximum Gasteiger partial charge on any atom is 0.176 e. The number of hydrogen-bond donors (Lipinski definition) is 1. The second-order valence-corrected chi connectivity index (χ2v) is 4.49. The van der Waals surface area contributed by atoms with Gasteiger partial charge in [-0.15, -0.1) is 5.10 Å². The maximum atomic E-state index is 4.38. The van der Waals surface area contributed by atoms with Gasteiger partial charge in [-0.25, -0.2) is 0 Å². The number of rotatable bonds is 2. The molecule has 1 N–H and O–H groups in total. The van der Waals surface area contributed by atoms with Crippen LogP contribution in [-0.2, 0) is 0 Å². The molecule has 1 heterocycles. The number of nitrogens with one attached hydrogen (secondary N) is 1. The highest BCUT2D eigenvalue weighted by Crippen LogP contribution is 2.20. The van der Waals surface area contributed by atoms with Gasteiger partial charge in [0.25, 0.3) is 0 Å². The Bertz CT molecular complexity index is 638. The van der Waals surface area contributed by atoms with Crippen LogP contribution in [0.4, 0.5) is 5.82 Å². The smallest absolute Gasteiger partial charge is 0.176 e. The zero-order valence-electron chi connectivity index (χ0n) is 10.2. The molecule has 18 heavy (non-hydrogen) atoms. The van der Waals surface area contributed by atoms with Crippen molar-refractivity contribution in [3.63, 3.8) is 0 Å². The normalized spacial score (nSPS) is 17.2. The van der Waals surface area contributed by atoms with Crippen molar-refractivity contribution in [2.75, 3.05) is 5.43 Å². The van der Waals surface area contributed by atoms with Gasteiger partial charge >= 0.3 is 0 Å². The summed E-state index contributed by atoms with van der Waals surface area (Å²) in [4.78, 5) is 0. The lowest BCUT2D eigenvalue weighted by atomic mass is 10.2. The average Bonchev–Trinajstić information content (AvgIpc) is 2.82. The Hall–Kier alpha value is -2.23. The number of hydrogen-bond acceptors (Lipinski definition) is 4. The van der Waals surface area contributed by atoms with Crippen LogP contribution in [0.25, 0.3) is 10.8 Å². The van der Waals surface area contributed by atoms with Crippen molar-refractivity contribution in [3.8, 4) is 0 Å². The van der Waals surface area contributed by atoms with Gasteiger partial charge in [-0.05, 0) is 25.8 Å². The van der Waals surface area contributed by atoms with Crippen LogP contribution in [0.1, 0.15) is 19.8 Å². The van der Waals surface area contributed by atoms with Gasteiger partial charge in [-0.1, -0.05) is 29.8 Å². The molecule has 4 nitrogen and oxygen atoms in total. The van der Waals surface area contributed by atoms with E-state index in [1.54, 1.807) is 6.20 Å². The first kappa shape index (κ1) is 10.9. The van der Waals surface area contributed by atoms with E-state index in [9.17, 15) is 0 Å². The molecular formula is C14H14N4. The molecule has 1 aliphatic carbocycles. The van der Waals surface area contributed by atoms with E-state index in [1.165, 1.54) is 5.57 Å². The Morgan fingerprint density at radius 1 is 1.22 bits per heavy atom. The van der Waals surface area contributed by atoms with Crippen LogP contribution in [0.2, 0.25) is 0 Å². The predicted octanol–water partition coefficient (Wildman–Crippen LogP) is 3.14. The maximum absolute atomic E-state index is 4.38. The molecule has 0 saturated heterocycles. The molecule has 0 bridgehead atoms. The van der Waals surface area contributed by atoms with E-state index < -0.39 is 0 Å². The van der Waals surface area contributed by atoms with Gasteiger partial charge in [0.15, 0.2) is 5.82 Å². The average molecular weight is 238 g/mol. The van der Waals surface area contributed by atoms with E-state index in [2.05, 4.69) is 33.7 Å². The fraction of sp³-hybridized carbons (Fsp3) is 0.214. The third kappa shape index (κ3) is 2.09. The minimum atomic E-state index is 0.707. The largest absolute Gasteiger partial charge is 0.259 e. The van der Waals surface area contributed by atoms with Crippen molar-refractivity contribution < 1.29 is 0 Å². The topological polar surface area (TPSA) is 50.2 Å². The van der Waals surface area contributed by atoms with E-state index in [4.69, 9.17) is 0 Å². The van der Waals surface area contributed by atoms with Gasteiger partial charge in [-0.2, -0.15) is 10.2 Å². The molecule has 2 aromatic rings. The SMILES string of the molecule is CC1=C/C(=N/Nc2nncc3ccccc23)CC1. The summed E-state index contributed by atoms with van der Waals surface area (Å²) in [5.74, 6) is 0.707. The third-order valence-corrected chi connectivity index (χ3v) is 3.06. The summed E-state index contributed by atoms with van der Waals surface area (Å²) in [5.41, 5.74) is 5.47. The highest BCUT2D eigenvalue weighted by atomic mass is 15.3. The monoisotopic (exact) mass is 238 g/mol. The number of allylic oxidation sites excluding steroid dienone is 2. The lowest BCUT2D eigenvalue weighted by Crippen LogP contribution is -1.99. The number of hydrazone groups is 1. The van der Waals surface area contributed by atoms with Gasteiger partial charge in [0.1, 0.15) is 0 Å². The molecule has 0 atom stereocenters. The van der Waals surface area contributed by atoms with Crippen molar-refractivity contribution in [1.29, 1.82) is 0 Å². The lowest BCUT2D eigenvalue weighted by Gasteiger charge is -2.03. The summed E-state index contributed by atoms with van der Waals surface area (Å²) < 4.78 is 0. The molecule has 1 aromatic heterocycles. The van der Waals surface area contributed by atoms with Crippen LogP contribution >= 0.6 is 0 Å². The van der Waals surface area contributed by atoms with Crippen LogP contribution < -0.4 is 5.43 Å². The van der Waals surface area contributed by atoms with Crippen LogP contribution in [0.15, 0.2) is 47.2 Å². The van der Waals surface area contributed by atoms with Gasteiger partial charge in [-0.3, -0.25) is 5.43 Å². The van der Waals surface area contributed by atoms with Crippen LogP contribution in [0, 0.1) is 0 Å². The van der Waals surface area contributed by atoms with E-state index >= 15 is 0 Å². The minimum Gasteiger partial charge on any atom is -0.259 e.